The third-order valence-corrected chi connectivity index (χ3v) is 4.11. The fraction of sp³-hybridized carbons (Fsp3) is 0.625. The number of likely N-dealkylation sites (N-methyl/N-ethyl adjacent to an activating group) is 2. The molecule has 2 rings (SSSR count). The lowest BCUT2D eigenvalue weighted by Crippen LogP contribution is -2.50. The highest BCUT2D eigenvalue weighted by atomic mass is 15.2. The summed E-state index contributed by atoms with van der Waals surface area (Å²) in [6, 6.07) is 11.5. The number of nitrogens with zero attached hydrogens (tertiary/aromatic N) is 2. The molecule has 0 radical (unpaired) electrons. The van der Waals surface area contributed by atoms with Crippen molar-refractivity contribution in [2.45, 2.75) is 18.9 Å². The predicted octanol–water partition coefficient (Wildman–Crippen LogP) is 1.45. The molecule has 1 aliphatic rings. The first-order valence-corrected chi connectivity index (χ1v) is 7.39. The second kappa shape index (κ2) is 7.63. The molecule has 1 atom stereocenters. The van der Waals surface area contributed by atoms with Crippen LogP contribution in [0.1, 0.15) is 12.0 Å². The van der Waals surface area contributed by atoms with Gasteiger partial charge in [0.05, 0.1) is 0 Å². The molecule has 1 aliphatic heterocycles. The van der Waals surface area contributed by atoms with Gasteiger partial charge in [-0.05, 0) is 39.0 Å². The number of rotatable bonds is 6. The van der Waals surface area contributed by atoms with Gasteiger partial charge in [-0.1, -0.05) is 30.3 Å². The van der Waals surface area contributed by atoms with Crippen LogP contribution < -0.4 is 5.32 Å². The van der Waals surface area contributed by atoms with Crippen LogP contribution in [0.3, 0.4) is 0 Å². The lowest BCUT2D eigenvalue weighted by atomic mass is 10.1. The minimum Gasteiger partial charge on any atom is -0.314 e. The maximum atomic E-state index is 3.49. The van der Waals surface area contributed by atoms with Crippen LogP contribution in [0.15, 0.2) is 30.3 Å². The van der Waals surface area contributed by atoms with Gasteiger partial charge in [0.25, 0.3) is 0 Å². The molecule has 0 aliphatic carbocycles. The maximum Gasteiger partial charge on any atom is 0.0230 e. The van der Waals surface area contributed by atoms with Crippen molar-refractivity contribution < 1.29 is 0 Å². The molecule has 1 fully saturated rings. The number of benzene rings is 1. The molecule has 0 saturated carbocycles. The highest BCUT2D eigenvalue weighted by Gasteiger charge is 2.18. The minimum absolute atomic E-state index is 0.702. The van der Waals surface area contributed by atoms with Crippen molar-refractivity contribution in [3.05, 3.63) is 35.9 Å². The standard InChI is InChI=1S/C16H27N3/c1-18(11-8-15-6-4-3-5-7-15)12-9-16-14-17-10-13-19(16)2/h3-7,16-17H,8-14H2,1-2H3. The SMILES string of the molecule is CN(CCc1ccccc1)CCC1CNCCN1C. The Morgan fingerprint density at radius 2 is 2.05 bits per heavy atom. The van der Waals surface area contributed by atoms with E-state index in [1.54, 1.807) is 0 Å². The van der Waals surface area contributed by atoms with E-state index in [0.29, 0.717) is 6.04 Å². The molecule has 3 heteroatoms. The Hall–Kier alpha value is -0.900. The smallest absolute Gasteiger partial charge is 0.0230 e. The number of nitrogens with one attached hydrogen (secondary N) is 1. The first kappa shape index (κ1) is 14.5. The molecule has 0 aromatic heterocycles. The van der Waals surface area contributed by atoms with Gasteiger partial charge < -0.3 is 15.1 Å². The van der Waals surface area contributed by atoms with Crippen LogP contribution in [-0.2, 0) is 6.42 Å². The highest BCUT2D eigenvalue weighted by Crippen LogP contribution is 2.06. The molecule has 106 valence electrons. The monoisotopic (exact) mass is 261 g/mol. The molecule has 0 amide bonds. The maximum absolute atomic E-state index is 3.49. The fourth-order valence-corrected chi connectivity index (χ4v) is 2.63. The van der Waals surface area contributed by atoms with Crippen molar-refractivity contribution in [1.82, 2.24) is 15.1 Å². The molecule has 1 N–H and O–H groups in total. The van der Waals surface area contributed by atoms with Crippen LogP contribution in [0.5, 0.6) is 0 Å². The summed E-state index contributed by atoms with van der Waals surface area (Å²) in [7, 11) is 4.48. The third kappa shape index (κ3) is 4.94. The summed E-state index contributed by atoms with van der Waals surface area (Å²) in [4.78, 5) is 4.94. The summed E-state index contributed by atoms with van der Waals surface area (Å²) >= 11 is 0. The van der Waals surface area contributed by atoms with E-state index in [4.69, 9.17) is 0 Å². The predicted molar refractivity (Wildman–Crippen MR) is 81.5 cm³/mol. The zero-order valence-corrected chi connectivity index (χ0v) is 12.3. The summed E-state index contributed by atoms with van der Waals surface area (Å²) < 4.78 is 0. The topological polar surface area (TPSA) is 18.5 Å². The van der Waals surface area contributed by atoms with Crippen LogP contribution in [0.2, 0.25) is 0 Å². The van der Waals surface area contributed by atoms with Gasteiger partial charge in [0.15, 0.2) is 0 Å². The second-order valence-corrected chi connectivity index (χ2v) is 5.67. The summed E-state index contributed by atoms with van der Waals surface area (Å²) in [6.07, 6.45) is 2.41. The quantitative estimate of drug-likeness (QED) is 0.836. The lowest BCUT2D eigenvalue weighted by molar-refractivity contribution is 0.173. The minimum atomic E-state index is 0.702. The Morgan fingerprint density at radius 1 is 1.26 bits per heavy atom. The summed E-state index contributed by atoms with van der Waals surface area (Å²) in [6.45, 7) is 5.79. The van der Waals surface area contributed by atoms with Crippen LogP contribution in [0.4, 0.5) is 0 Å². The van der Waals surface area contributed by atoms with E-state index in [2.05, 4.69) is 59.5 Å². The largest absolute Gasteiger partial charge is 0.314 e. The Kier molecular flexibility index (Phi) is 5.83. The van der Waals surface area contributed by atoms with Crippen LogP contribution in [0.25, 0.3) is 0 Å². The first-order valence-electron chi connectivity index (χ1n) is 7.39. The zero-order valence-electron chi connectivity index (χ0n) is 12.3. The van der Waals surface area contributed by atoms with Crippen LogP contribution in [0, 0.1) is 0 Å². The van der Waals surface area contributed by atoms with Crippen LogP contribution >= 0.6 is 0 Å². The molecule has 1 unspecified atom stereocenters. The van der Waals surface area contributed by atoms with Gasteiger partial charge in [-0.2, -0.15) is 0 Å². The van der Waals surface area contributed by atoms with E-state index in [-0.39, 0.29) is 0 Å². The normalized spacial score (nSPS) is 20.9. The van der Waals surface area contributed by atoms with Crippen LogP contribution in [-0.4, -0.2) is 62.7 Å². The van der Waals surface area contributed by atoms with Crippen molar-refractivity contribution in [2.24, 2.45) is 0 Å². The Labute approximate surface area is 117 Å². The third-order valence-electron chi connectivity index (χ3n) is 4.11. The molecule has 1 heterocycles. The van der Waals surface area contributed by atoms with Gasteiger partial charge in [0.2, 0.25) is 0 Å². The Morgan fingerprint density at radius 3 is 2.79 bits per heavy atom. The van der Waals surface area contributed by atoms with E-state index in [0.717, 1.165) is 26.1 Å². The first-order chi connectivity index (χ1) is 9.25. The number of hydrogen-bond acceptors (Lipinski definition) is 3. The molecule has 1 aromatic carbocycles. The number of hydrogen-bond donors (Lipinski definition) is 1. The van der Waals surface area contributed by atoms with Gasteiger partial charge in [0, 0.05) is 32.2 Å². The molecule has 3 nitrogen and oxygen atoms in total. The molecular formula is C16H27N3. The van der Waals surface area contributed by atoms with E-state index in [1.165, 1.54) is 25.1 Å². The highest BCUT2D eigenvalue weighted by molar-refractivity contribution is 5.14. The fourth-order valence-electron chi connectivity index (χ4n) is 2.63. The van der Waals surface area contributed by atoms with E-state index < -0.39 is 0 Å². The van der Waals surface area contributed by atoms with E-state index >= 15 is 0 Å². The van der Waals surface area contributed by atoms with E-state index in [1.807, 2.05) is 0 Å². The van der Waals surface area contributed by atoms with Gasteiger partial charge in [0.1, 0.15) is 0 Å². The zero-order chi connectivity index (χ0) is 13.5. The molecule has 0 spiro atoms. The van der Waals surface area contributed by atoms with Gasteiger partial charge >= 0.3 is 0 Å². The van der Waals surface area contributed by atoms with Crippen molar-refractivity contribution >= 4 is 0 Å². The molecule has 1 saturated heterocycles. The molecule has 0 bridgehead atoms. The van der Waals surface area contributed by atoms with E-state index in [9.17, 15) is 0 Å². The van der Waals surface area contributed by atoms with Crippen molar-refractivity contribution in [1.29, 1.82) is 0 Å². The summed E-state index contributed by atoms with van der Waals surface area (Å²) in [5.41, 5.74) is 1.44. The molecule has 1 aromatic rings. The van der Waals surface area contributed by atoms with Gasteiger partial charge in [-0.3, -0.25) is 0 Å². The molecule has 19 heavy (non-hydrogen) atoms. The van der Waals surface area contributed by atoms with Crippen molar-refractivity contribution in [2.75, 3.05) is 46.8 Å². The summed E-state index contributed by atoms with van der Waals surface area (Å²) in [5.74, 6) is 0. The van der Waals surface area contributed by atoms with Gasteiger partial charge in [-0.25, -0.2) is 0 Å². The second-order valence-electron chi connectivity index (χ2n) is 5.67. The lowest BCUT2D eigenvalue weighted by Gasteiger charge is -2.34. The molecular weight excluding hydrogens is 234 g/mol. The Balaban J connectivity index is 1.65. The van der Waals surface area contributed by atoms with Gasteiger partial charge in [-0.15, -0.1) is 0 Å². The van der Waals surface area contributed by atoms with Crippen molar-refractivity contribution in [3.63, 3.8) is 0 Å². The number of piperazine rings is 1. The average molecular weight is 261 g/mol. The average Bonchev–Trinajstić information content (AvgIpc) is 2.45. The Bertz CT molecular complexity index is 352. The van der Waals surface area contributed by atoms with Crippen molar-refractivity contribution in [3.8, 4) is 0 Å². The summed E-state index contributed by atoms with van der Waals surface area (Å²) in [5, 5.41) is 3.49.